The summed E-state index contributed by atoms with van der Waals surface area (Å²) in [6, 6.07) is 25.3. The third kappa shape index (κ3) is 8.02. The Morgan fingerprint density at radius 1 is 0.966 bits per heavy atom. The van der Waals surface area contributed by atoms with Gasteiger partial charge in [-0.3, -0.25) is 14.5 Å². The van der Waals surface area contributed by atoms with E-state index >= 15 is 0 Å². The molecule has 2 fully saturated rings. The molecule has 3 aromatic carbocycles. The van der Waals surface area contributed by atoms with Gasteiger partial charge in [0.15, 0.2) is 11.4 Å². The number of phenolic OH excluding ortho intramolecular Hbond substituents is 1. The van der Waals surface area contributed by atoms with Crippen LogP contribution in [0.1, 0.15) is 62.1 Å². The summed E-state index contributed by atoms with van der Waals surface area (Å²) in [6.45, 7) is 8.36. The van der Waals surface area contributed by atoms with Crippen LogP contribution in [0.5, 0.6) is 11.6 Å². The first-order valence-corrected chi connectivity index (χ1v) is 19.6. The van der Waals surface area contributed by atoms with Crippen LogP contribution in [0.4, 0.5) is 4.39 Å². The van der Waals surface area contributed by atoms with Crippen LogP contribution in [-0.4, -0.2) is 97.1 Å². The van der Waals surface area contributed by atoms with Crippen molar-refractivity contribution in [2.24, 2.45) is 5.92 Å². The number of para-hydroxylation sites is 1. The fourth-order valence-corrected chi connectivity index (χ4v) is 7.97. The Kier molecular flexibility index (Phi) is 10.9. The quantitative estimate of drug-likeness (QED) is 0.106. The zero-order valence-electron chi connectivity index (χ0n) is 32.5. The first kappa shape index (κ1) is 38.7. The lowest BCUT2D eigenvalue weighted by atomic mass is 9.91. The molecule has 4 N–H and O–H groups in total. The van der Waals surface area contributed by atoms with Crippen molar-refractivity contribution < 1.29 is 33.5 Å². The number of aliphatic hydroxyl groups is 1. The fourth-order valence-electron chi connectivity index (χ4n) is 7.97. The summed E-state index contributed by atoms with van der Waals surface area (Å²) >= 11 is 0. The van der Waals surface area contributed by atoms with Gasteiger partial charge in [-0.15, -0.1) is 10.2 Å². The maximum Gasteiger partial charge on any atom is 0.254 e. The number of aromatic nitrogens is 4. The number of nitrogens with zero attached hydrogens (tertiary/aromatic N) is 5. The van der Waals surface area contributed by atoms with Gasteiger partial charge in [0.1, 0.15) is 30.1 Å². The van der Waals surface area contributed by atoms with Crippen LogP contribution in [-0.2, 0) is 9.59 Å². The SMILES string of the molecule is CC(C)C(C(=O)N1C[C@H](O)C[C@H]1C(=O)N[C@@H](C)c1ccc(-c2ccccc2F)cc1)c1cc(OCCN2CC(c3cc4cc(-c5ccccc5O)nnc4[nH]3)C2)no1. The predicted octanol–water partition coefficient (Wildman–Crippen LogP) is 6.18. The van der Waals surface area contributed by atoms with Gasteiger partial charge in [-0.2, -0.15) is 0 Å². The van der Waals surface area contributed by atoms with Crippen molar-refractivity contribution in [1.29, 1.82) is 0 Å². The molecule has 1 unspecified atom stereocenters. The Bertz CT molecular complexity index is 2410. The molecule has 14 heteroatoms. The number of likely N-dealkylation sites (tertiary alicyclic amines) is 2. The molecule has 4 atom stereocenters. The van der Waals surface area contributed by atoms with Crippen molar-refractivity contribution in [3.05, 3.63) is 114 Å². The lowest BCUT2D eigenvalue weighted by molar-refractivity contribution is -0.141. The molecule has 0 aliphatic carbocycles. The molecule has 2 saturated heterocycles. The second-order valence-electron chi connectivity index (χ2n) is 15.6. The van der Waals surface area contributed by atoms with E-state index in [1.54, 1.807) is 36.4 Å². The summed E-state index contributed by atoms with van der Waals surface area (Å²) in [7, 11) is 0. The number of ether oxygens (including phenoxy) is 1. The van der Waals surface area contributed by atoms with Crippen LogP contribution in [0, 0.1) is 11.7 Å². The van der Waals surface area contributed by atoms with Gasteiger partial charge in [0.2, 0.25) is 11.8 Å². The number of benzene rings is 3. The molecule has 3 aromatic heterocycles. The van der Waals surface area contributed by atoms with E-state index in [2.05, 4.69) is 36.6 Å². The molecule has 13 nitrogen and oxygen atoms in total. The number of carbonyl (C=O) groups is 2. The number of aromatic hydroxyl groups is 1. The summed E-state index contributed by atoms with van der Waals surface area (Å²) in [4.78, 5) is 34.8. The number of carbonyl (C=O) groups excluding carboxylic acids is 2. The third-order valence-electron chi connectivity index (χ3n) is 11.2. The minimum Gasteiger partial charge on any atom is -0.507 e. The number of amides is 2. The molecule has 2 aliphatic heterocycles. The maximum atomic E-state index is 14.3. The molecule has 0 bridgehead atoms. The standard InChI is InChI=1S/C44H46FN7O6/c1-25(2)41(44(56)52-24-31(53)20-37(52)43(55)46-26(3)27-12-14-28(15-13-27)32-8-4-6-10-34(32)45)39-21-40(50-58-39)57-17-16-51-22-30(23-51)35-18-29-19-36(48-49-42(29)47-35)33-9-5-7-11-38(33)54/h4-15,18-19,21,25-26,30-31,37,41,53-54H,16-17,20,22-24H2,1-3H3,(H,46,55)(H,47,49)/t26-,31+,37-,41?/m0/s1. The minimum absolute atomic E-state index is 0.0192. The number of phenols is 1. The lowest BCUT2D eigenvalue weighted by Gasteiger charge is -2.38. The predicted molar refractivity (Wildman–Crippen MR) is 214 cm³/mol. The van der Waals surface area contributed by atoms with Gasteiger partial charge in [0.05, 0.1) is 17.8 Å². The van der Waals surface area contributed by atoms with E-state index in [0.29, 0.717) is 47.3 Å². The zero-order chi connectivity index (χ0) is 40.5. The van der Waals surface area contributed by atoms with Crippen molar-refractivity contribution in [1.82, 2.24) is 35.5 Å². The summed E-state index contributed by atoms with van der Waals surface area (Å²) in [6.07, 6.45) is -0.747. The number of rotatable bonds is 13. The molecule has 2 amide bonds. The Labute approximate surface area is 334 Å². The third-order valence-corrected chi connectivity index (χ3v) is 11.2. The van der Waals surface area contributed by atoms with E-state index in [0.717, 1.165) is 35.3 Å². The van der Waals surface area contributed by atoms with Gasteiger partial charge in [-0.1, -0.05) is 68.4 Å². The smallest absolute Gasteiger partial charge is 0.254 e. The van der Waals surface area contributed by atoms with Crippen LogP contribution in [0.25, 0.3) is 33.4 Å². The van der Waals surface area contributed by atoms with E-state index < -0.39 is 24.1 Å². The van der Waals surface area contributed by atoms with Crippen LogP contribution in [0.3, 0.4) is 0 Å². The van der Waals surface area contributed by atoms with Gasteiger partial charge in [-0.25, -0.2) is 4.39 Å². The van der Waals surface area contributed by atoms with E-state index in [9.17, 15) is 24.2 Å². The highest BCUT2D eigenvalue weighted by Gasteiger charge is 2.43. The Morgan fingerprint density at radius 3 is 2.45 bits per heavy atom. The van der Waals surface area contributed by atoms with Gasteiger partial charge in [-0.05, 0) is 59.5 Å². The number of halogens is 1. The van der Waals surface area contributed by atoms with Crippen molar-refractivity contribution in [2.45, 2.75) is 57.2 Å². The highest BCUT2D eigenvalue weighted by Crippen LogP contribution is 2.34. The molecule has 0 spiro atoms. The summed E-state index contributed by atoms with van der Waals surface area (Å²) in [5.41, 5.74) is 5.06. The molecule has 58 heavy (non-hydrogen) atoms. The number of aromatic amines is 1. The molecule has 300 valence electrons. The number of fused-ring (bicyclic) bond motifs is 1. The molecule has 5 heterocycles. The number of H-pyrrole nitrogens is 1. The molecule has 6 aromatic rings. The second-order valence-corrected chi connectivity index (χ2v) is 15.6. The summed E-state index contributed by atoms with van der Waals surface area (Å²) in [5, 5.41) is 37.5. The highest BCUT2D eigenvalue weighted by atomic mass is 19.1. The largest absolute Gasteiger partial charge is 0.507 e. The topological polar surface area (TPSA) is 170 Å². The van der Waals surface area contributed by atoms with Gasteiger partial charge in [0, 0.05) is 66.8 Å². The van der Waals surface area contributed by atoms with Crippen molar-refractivity contribution >= 4 is 22.8 Å². The molecule has 0 saturated carbocycles. The van der Waals surface area contributed by atoms with E-state index in [-0.39, 0.29) is 48.1 Å². The Morgan fingerprint density at radius 2 is 1.71 bits per heavy atom. The molecular weight excluding hydrogens is 742 g/mol. The van der Waals surface area contributed by atoms with Crippen LogP contribution < -0.4 is 10.1 Å². The highest BCUT2D eigenvalue weighted by molar-refractivity contribution is 5.91. The van der Waals surface area contributed by atoms with Crippen LogP contribution in [0.2, 0.25) is 0 Å². The first-order chi connectivity index (χ1) is 28.0. The number of hydrogen-bond donors (Lipinski definition) is 4. The van der Waals surface area contributed by atoms with E-state index in [1.807, 2.05) is 63.2 Å². The number of β-amino-alcohol motifs (C(OH)–C–C–N with tert-alkyl or cyclic N) is 1. The summed E-state index contributed by atoms with van der Waals surface area (Å²) < 4.78 is 25.9. The number of nitrogens with one attached hydrogen (secondary N) is 2. The first-order valence-electron chi connectivity index (χ1n) is 19.6. The van der Waals surface area contributed by atoms with E-state index in [4.69, 9.17) is 9.26 Å². The monoisotopic (exact) mass is 787 g/mol. The summed E-state index contributed by atoms with van der Waals surface area (Å²) in [5.74, 6) is -0.907. The van der Waals surface area contributed by atoms with Crippen molar-refractivity contribution in [2.75, 3.05) is 32.8 Å². The normalized spacial score (nSPS) is 18.3. The number of aliphatic hydroxyl groups excluding tert-OH is 1. The molecule has 0 radical (unpaired) electrons. The molecule has 2 aliphatic rings. The Hall–Kier alpha value is -6.12. The van der Waals surface area contributed by atoms with Gasteiger partial charge in [0.25, 0.3) is 5.88 Å². The average molecular weight is 788 g/mol. The maximum absolute atomic E-state index is 14.3. The van der Waals surface area contributed by atoms with E-state index in [1.165, 1.54) is 11.0 Å². The second kappa shape index (κ2) is 16.4. The number of hydrogen-bond acceptors (Lipinski definition) is 10. The molecule has 8 rings (SSSR count). The van der Waals surface area contributed by atoms with Crippen LogP contribution >= 0.6 is 0 Å². The van der Waals surface area contributed by atoms with Crippen molar-refractivity contribution in [3.63, 3.8) is 0 Å². The fraction of sp³-hybridized carbons (Fsp3) is 0.341. The average Bonchev–Trinajstić information content (AvgIpc) is 3.94. The minimum atomic E-state index is -0.874. The lowest BCUT2D eigenvalue weighted by Crippen LogP contribution is -2.48. The van der Waals surface area contributed by atoms with Crippen LogP contribution in [0.15, 0.2) is 95.5 Å². The molecular formula is C44H46FN7O6. The zero-order valence-corrected chi connectivity index (χ0v) is 32.5. The Balaban J connectivity index is 0.839. The van der Waals surface area contributed by atoms with Gasteiger partial charge < -0.3 is 34.7 Å². The van der Waals surface area contributed by atoms with Crippen molar-refractivity contribution in [3.8, 4) is 34.0 Å². The van der Waals surface area contributed by atoms with Gasteiger partial charge >= 0.3 is 0 Å².